The SMILES string of the molecule is CC1CCC(C(=O)NCC2CCCCC2CN)O1. The maximum Gasteiger partial charge on any atom is 0.249 e. The molecule has 0 aromatic rings. The van der Waals surface area contributed by atoms with Gasteiger partial charge in [-0.25, -0.2) is 0 Å². The van der Waals surface area contributed by atoms with E-state index < -0.39 is 0 Å². The molecular formula is C14H26N2O2. The number of carbonyl (C=O) groups is 1. The van der Waals surface area contributed by atoms with Gasteiger partial charge in [-0.2, -0.15) is 0 Å². The van der Waals surface area contributed by atoms with Crippen LogP contribution in [0.25, 0.3) is 0 Å². The predicted octanol–water partition coefficient (Wildman–Crippen LogP) is 1.44. The van der Waals surface area contributed by atoms with Gasteiger partial charge in [0.1, 0.15) is 6.10 Å². The van der Waals surface area contributed by atoms with Gasteiger partial charge in [-0.1, -0.05) is 12.8 Å². The van der Waals surface area contributed by atoms with Crippen molar-refractivity contribution in [3.05, 3.63) is 0 Å². The fourth-order valence-electron chi connectivity index (χ4n) is 3.20. The second-order valence-corrected chi connectivity index (χ2v) is 5.80. The molecular weight excluding hydrogens is 228 g/mol. The molecule has 4 atom stereocenters. The van der Waals surface area contributed by atoms with Crippen molar-refractivity contribution in [1.82, 2.24) is 5.32 Å². The zero-order valence-electron chi connectivity index (χ0n) is 11.4. The highest BCUT2D eigenvalue weighted by atomic mass is 16.5. The molecule has 1 saturated heterocycles. The summed E-state index contributed by atoms with van der Waals surface area (Å²) in [5.41, 5.74) is 5.80. The highest BCUT2D eigenvalue weighted by molar-refractivity contribution is 5.81. The van der Waals surface area contributed by atoms with Gasteiger partial charge in [0.25, 0.3) is 0 Å². The number of nitrogens with two attached hydrogens (primary N) is 1. The maximum absolute atomic E-state index is 12.0. The van der Waals surface area contributed by atoms with Crippen molar-refractivity contribution in [3.63, 3.8) is 0 Å². The van der Waals surface area contributed by atoms with Gasteiger partial charge in [0.15, 0.2) is 0 Å². The van der Waals surface area contributed by atoms with Gasteiger partial charge in [-0.15, -0.1) is 0 Å². The Bertz CT molecular complexity index is 283. The fourth-order valence-corrected chi connectivity index (χ4v) is 3.20. The molecule has 104 valence electrons. The molecule has 1 amide bonds. The molecule has 0 radical (unpaired) electrons. The fraction of sp³-hybridized carbons (Fsp3) is 0.929. The molecule has 2 rings (SSSR count). The summed E-state index contributed by atoms with van der Waals surface area (Å²) in [6, 6.07) is 0. The monoisotopic (exact) mass is 254 g/mol. The zero-order valence-corrected chi connectivity index (χ0v) is 11.4. The Morgan fingerprint density at radius 3 is 2.56 bits per heavy atom. The quantitative estimate of drug-likeness (QED) is 0.798. The number of ether oxygens (including phenoxy) is 1. The third-order valence-electron chi connectivity index (χ3n) is 4.43. The van der Waals surface area contributed by atoms with E-state index in [0.29, 0.717) is 11.8 Å². The van der Waals surface area contributed by atoms with E-state index in [0.717, 1.165) is 25.9 Å². The Morgan fingerprint density at radius 1 is 1.22 bits per heavy atom. The van der Waals surface area contributed by atoms with Gasteiger partial charge in [0.2, 0.25) is 5.91 Å². The van der Waals surface area contributed by atoms with E-state index in [9.17, 15) is 4.79 Å². The average molecular weight is 254 g/mol. The number of hydrogen-bond donors (Lipinski definition) is 2. The van der Waals surface area contributed by atoms with Crippen LogP contribution in [-0.2, 0) is 9.53 Å². The molecule has 1 aliphatic heterocycles. The van der Waals surface area contributed by atoms with Crippen LogP contribution in [0.1, 0.15) is 45.4 Å². The summed E-state index contributed by atoms with van der Waals surface area (Å²) < 4.78 is 5.58. The summed E-state index contributed by atoms with van der Waals surface area (Å²) in [6.07, 6.45) is 6.83. The Kier molecular flexibility index (Phi) is 5.01. The molecule has 0 spiro atoms. The topological polar surface area (TPSA) is 64.4 Å². The normalized spacial score (nSPS) is 36.6. The van der Waals surface area contributed by atoms with E-state index in [1.54, 1.807) is 0 Å². The standard InChI is InChI=1S/C14H26N2O2/c1-10-6-7-13(18-10)14(17)16-9-12-5-3-2-4-11(12)8-15/h10-13H,2-9,15H2,1H3,(H,16,17). The Balaban J connectivity index is 1.74. The third kappa shape index (κ3) is 3.45. The van der Waals surface area contributed by atoms with Crippen LogP contribution in [0.3, 0.4) is 0 Å². The minimum atomic E-state index is -0.222. The summed E-state index contributed by atoms with van der Waals surface area (Å²) >= 11 is 0. The van der Waals surface area contributed by atoms with Crippen LogP contribution in [0.15, 0.2) is 0 Å². The van der Waals surface area contributed by atoms with Crippen LogP contribution >= 0.6 is 0 Å². The van der Waals surface area contributed by atoms with Crippen molar-refractivity contribution >= 4 is 5.91 Å². The first-order valence-corrected chi connectivity index (χ1v) is 7.34. The summed E-state index contributed by atoms with van der Waals surface area (Å²) in [7, 11) is 0. The first-order valence-electron chi connectivity index (χ1n) is 7.34. The molecule has 0 bridgehead atoms. The van der Waals surface area contributed by atoms with Crippen molar-refractivity contribution in [3.8, 4) is 0 Å². The second-order valence-electron chi connectivity index (χ2n) is 5.80. The van der Waals surface area contributed by atoms with Gasteiger partial charge in [0, 0.05) is 6.54 Å². The highest BCUT2D eigenvalue weighted by Crippen LogP contribution is 2.28. The van der Waals surface area contributed by atoms with Gasteiger partial charge in [-0.3, -0.25) is 4.79 Å². The van der Waals surface area contributed by atoms with Crippen molar-refractivity contribution in [2.75, 3.05) is 13.1 Å². The summed E-state index contributed by atoms with van der Waals surface area (Å²) in [5, 5.41) is 3.06. The Labute approximate surface area is 110 Å². The second kappa shape index (κ2) is 6.53. The maximum atomic E-state index is 12.0. The number of carbonyl (C=O) groups excluding carboxylic acids is 1. The average Bonchev–Trinajstić information content (AvgIpc) is 2.83. The largest absolute Gasteiger partial charge is 0.365 e. The summed E-state index contributed by atoms with van der Waals surface area (Å²) in [6.45, 7) is 3.55. The van der Waals surface area contributed by atoms with Gasteiger partial charge in [0.05, 0.1) is 6.10 Å². The molecule has 3 N–H and O–H groups in total. The van der Waals surface area contributed by atoms with Crippen LogP contribution < -0.4 is 11.1 Å². The lowest BCUT2D eigenvalue weighted by atomic mass is 9.79. The van der Waals surface area contributed by atoms with E-state index in [4.69, 9.17) is 10.5 Å². The number of nitrogens with one attached hydrogen (secondary N) is 1. The van der Waals surface area contributed by atoms with Crippen LogP contribution in [0.4, 0.5) is 0 Å². The van der Waals surface area contributed by atoms with Gasteiger partial charge in [-0.05, 0) is 51.0 Å². The van der Waals surface area contributed by atoms with E-state index >= 15 is 0 Å². The molecule has 4 nitrogen and oxygen atoms in total. The van der Waals surface area contributed by atoms with Crippen molar-refractivity contribution in [2.45, 2.75) is 57.7 Å². The Morgan fingerprint density at radius 2 is 1.94 bits per heavy atom. The molecule has 0 aromatic carbocycles. The number of rotatable bonds is 4. The Hall–Kier alpha value is -0.610. The lowest BCUT2D eigenvalue weighted by molar-refractivity contribution is -0.132. The van der Waals surface area contributed by atoms with Crippen molar-refractivity contribution in [1.29, 1.82) is 0 Å². The van der Waals surface area contributed by atoms with E-state index in [1.165, 1.54) is 25.7 Å². The van der Waals surface area contributed by atoms with Crippen LogP contribution in [-0.4, -0.2) is 31.2 Å². The molecule has 18 heavy (non-hydrogen) atoms. The van der Waals surface area contributed by atoms with E-state index in [2.05, 4.69) is 5.32 Å². The summed E-state index contributed by atoms with van der Waals surface area (Å²) in [4.78, 5) is 12.0. The molecule has 4 heteroatoms. The molecule has 1 aliphatic carbocycles. The summed E-state index contributed by atoms with van der Waals surface area (Å²) in [5.74, 6) is 1.22. The molecule has 1 saturated carbocycles. The minimum Gasteiger partial charge on any atom is -0.365 e. The molecule has 0 aromatic heterocycles. The van der Waals surface area contributed by atoms with Crippen molar-refractivity contribution < 1.29 is 9.53 Å². The van der Waals surface area contributed by atoms with Gasteiger partial charge < -0.3 is 15.8 Å². The van der Waals surface area contributed by atoms with E-state index in [1.807, 2.05) is 6.92 Å². The van der Waals surface area contributed by atoms with E-state index in [-0.39, 0.29) is 18.1 Å². The van der Waals surface area contributed by atoms with Crippen LogP contribution in [0.5, 0.6) is 0 Å². The van der Waals surface area contributed by atoms with Crippen LogP contribution in [0.2, 0.25) is 0 Å². The molecule has 2 aliphatic rings. The number of amides is 1. The first kappa shape index (κ1) is 13.8. The van der Waals surface area contributed by atoms with Gasteiger partial charge >= 0.3 is 0 Å². The first-order chi connectivity index (χ1) is 8.70. The lowest BCUT2D eigenvalue weighted by Gasteiger charge is -2.31. The van der Waals surface area contributed by atoms with Crippen molar-refractivity contribution in [2.24, 2.45) is 17.6 Å². The smallest absolute Gasteiger partial charge is 0.249 e. The molecule has 1 heterocycles. The molecule has 4 unspecified atom stereocenters. The number of hydrogen-bond acceptors (Lipinski definition) is 3. The highest BCUT2D eigenvalue weighted by Gasteiger charge is 2.29. The molecule has 2 fully saturated rings. The minimum absolute atomic E-state index is 0.0701. The third-order valence-corrected chi connectivity index (χ3v) is 4.43. The lowest BCUT2D eigenvalue weighted by Crippen LogP contribution is -2.41. The van der Waals surface area contributed by atoms with Crippen LogP contribution in [0, 0.1) is 11.8 Å². The predicted molar refractivity (Wildman–Crippen MR) is 71.1 cm³/mol. The zero-order chi connectivity index (χ0) is 13.0.